The number of H-pyrrole nitrogens is 1. The lowest BCUT2D eigenvalue weighted by molar-refractivity contribution is 0.991. The second-order valence-corrected chi connectivity index (χ2v) is 3.21. The van der Waals surface area contributed by atoms with E-state index in [4.69, 9.17) is 5.73 Å². The molecule has 0 saturated carbocycles. The minimum atomic E-state index is 0.778. The number of aryl methyl sites for hydroxylation is 1. The number of nitrogens with one attached hydrogen (secondary N) is 1. The summed E-state index contributed by atoms with van der Waals surface area (Å²) in [5.74, 6) is 1.01. The molecule has 0 fully saturated rings. The summed E-state index contributed by atoms with van der Waals surface area (Å²) in [7, 11) is 0. The third-order valence-electron chi connectivity index (χ3n) is 2.17. The molecule has 72 valence electrons. The summed E-state index contributed by atoms with van der Waals surface area (Å²) in [6.07, 6.45) is 2.85. The van der Waals surface area contributed by atoms with Gasteiger partial charge in [-0.3, -0.25) is 0 Å². The monoisotopic (exact) mass is 187 g/mol. The molecule has 1 heterocycles. The van der Waals surface area contributed by atoms with Crippen LogP contribution in [-0.4, -0.2) is 9.97 Å². The zero-order chi connectivity index (χ0) is 9.97. The van der Waals surface area contributed by atoms with Crippen LogP contribution in [0, 0.1) is 0 Å². The minimum absolute atomic E-state index is 0.778. The highest BCUT2D eigenvalue weighted by Crippen LogP contribution is 2.18. The van der Waals surface area contributed by atoms with Crippen LogP contribution in [0.2, 0.25) is 0 Å². The maximum atomic E-state index is 5.61. The predicted molar refractivity (Wildman–Crippen MR) is 57.8 cm³/mol. The molecule has 2 aromatic rings. The van der Waals surface area contributed by atoms with Crippen LogP contribution in [0.25, 0.3) is 11.3 Å². The highest BCUT2D eigenvalue weighted by atomic mass is 14.9. The summed E-state index contributed by atoms with van der Waals surface area (Å²) >= 11 is 0. The number of aromatic nitrogens is 2. The van der Waals surface area contributed by atoms with Gasteiger partial charge in [-0.05, 0) is 12.1 Å². The van der Waals surface area contributed by atoms with E-state index in [1.807, 2.05) is 30.5 Å². The standard InChI is InChI=1S/C11H13N3/c1-2-11-13-7-10(14-11)8-3-5-9(12)6-4-8/h3-7H,2,12H2,1H3,(H,13,14). The Bertz CT molecular complexity index is 414. The first kappa shape index (κ1) is 8.81. The summed E-state index contributed by atoms with van der Waals surface area (Å²) in [6.45, 7) is 2.07. The number of hydrogen-bond acceptors (Lipinski definition) is 2. The Morgan fingerprint density at radius 1 is 1.29 bits per heavy atom. The van der Waals surface area contributed by atoms with Gasteiger partial charge in [0.15, 0.2) is 0 Å². The second-order valence-electron chi connectivity index (χ2n) is 3.21. The molecule has 1 aromatic heterocycles. The average molecular weight is 187 g/mol. The summed E-state index contributed by atoms with van der Waals surface area (Å²) in [5, 5.41) is 0. The molecule has 0 aliphatic rings. The van der Waals surface area contributed by atoms with Crippen molar-refractivity contribution in [1.82, 2.24) is 9.97 Å². The molecule has 2 rings (SSSR count). The highest BCUT2D eigenvalue weighted by molar-refractivity contribution is 5.61. The average Bonchev–Trinajstić information content (AvgIpc) is 2.67. The number of aromatic amines is 1. The Morgan fingerprint density at radius 2 is 2.00 bits per heavy atom. The van der Waals surface area contributed by atoms with Crippen LogP contribution in [0.15, 0.2) is 30.5 Å². The zero-order valence-corrected chi connectivity index (χ0v) is 8.12. The third kappa shape index (κ3) is 1.62. The predicted octanol–water partition coefficient (Wildman–Crippen LogP) is 2.22. The SMILES string of the molecule is CCc1nc(-c2ccc(N)cc2)c[nH]1. The lowest BCUT2D eigenvalue weighted by Gasteiger charge is -1.96. The minimum Gasteiger partial charge on any atom is -0.399 e. The van der Waals surface area contributed by atoms with Crippen LogP contribution in [-0.2, 0) is 6.42 Å². The fourth-order valence-electron chi connectivity index (χ4n) is 1.34. The van der Waals surface area contributed by atoms with Crippen molar-refractivity contribution in [1.29, 1.82) is 0 Å². The number of benzene rings is 1. The van der Waals surface area contributed by atoms with Gasteiger partial charge in [0.1, 0.15) is 5.82 Å². The molecule has 0 saturated heterocycles. The van der Waals surface area contributed by atoms with E-state index >= 15 is 0 Å². The number of nitrogen functional groups attached to an aromatic ring is 1. The molecule has 0 unspecified atom stereocenters. The molecule has 0 bridgehead atoms. The Balaban J connectivity index is 2.34. The topological polar surface area (TPSA) is 54.7 Å². The number of rotatable bonds is 2. The summed E-state index contributed by atoms with van der Waals surface area (Å²) in [6, 6.07) is 7.72. The molecule has 0 amide bonds. The van der Waals surface area contributed by atoms with Gasteiger partial charge in [0.2, 0.25) is 0 Å². The Labute approximate surface area is 83.0 Å². The molecule has 0 radical (unpaired) electrons. The molecular weight excluding hydrogens is 174 g/mol. The molecule has 0 aliphatic heterocycles. The van der Waals surface area contributed by atoms with Gasteiger partial charge >= 0.3 is 0 Å². The summed E-state index contributed by atoms with van der Waals surface area (Å²) in [5.41, 5.74) is 8.45. The van der Waals surface area contributed by atoms with Crippen molar-refractivity contribution >= 4 is 5.69 Å². The third-order valence-corrected chi connectivity index (χ3v) is 2.17. The molecule has 0 atom stereocenters. The molecule has 0 spiro atoms. The summed E-state index contributed by atoms with van der Waals surface area (Å²) in [4.78, 5) is 7.56. The second kappa shape index (κ2) is 3.54. The van der Waals surface area contributed by atoms with Crippen LogP contribution in [0.3, 0.4) is 0 Å². The van der Waals surface area contributed by atoms with Crippen molar-refractivity contribution in [3.63, 3.8) is 0 Å². The first-order chi connectivity index (χ1) is 6.79. The first-order valence-corrected chi connectivity index (χ1v) is 4.70. The van der Waals surface area contributed by atoms with Crippen molar-refractivity contribution in [2.45, 2.75) is 13.3 Å². The van der Waals surface area contributed by atoms with E-state index in [0.29, 0.717) is 0 Å². The number of nitrogens with two attached hydrogens (primary N) is 1. The molecule has 3 nitrogen and oxygen atoms in total. The number of anilines is 1. The van der Waals surface area contributed by atoms with E-state index in [-0.39, 0.29) is 0 Å². The Kier molecular flexibility index (Phi) is 2.23. The van der Waals surface area contributed by atoms with E-state index in [2.05, 4.69) is 16.9 Å². The van der Waals surface area contributed by atoms with Crippen LogP contribution in [0.5, 0.6) is 0 Å². The van der Waals surface area contributed by atoms with E-state index < -0.39 is 0 Å². The molecule has 0 aliphatic carbocycles. The van der Waals surface area contributed by atoms with E-state index in [0.717, 1.165) is 29.2 Å². The number of hydrogen-bond donors (Lipinski definition) is 2. The number of nitrogens with zero attached hydrogens (tertiary/aromatic N) is 1. The number of imidazole rings is 1. The van der Waals surface area contributed by atoms with E-state index in [9.17, 15) is 0 Å². The molecular formula is C11H13N3. The van der Waals surface area contributed by atoms with Crippen LogP contribution >= 0.6 is 0 Å². The molecule has 1 aromatic carbocycles. The smallest absolute Gasteiger partial charge is 0.106 e. The van der Waals surface area contributed by atoms with Gasteiger partial charge in [0.05, 0.1) is 5.69 Å². The maximum absolute atomic E-state index is 5.61. The van der Waals surface area contributed by atoms with E-state index in [1.54, 1.807) is 0 Å². The lowest BCUT2D eigenvalue weighted by Crippen LogP contribution is -1.85. The van der Waals surface area contributed by atoms with Gasteiger partial charge < -0.3 is 10.7 Å². The van der Waals surface area contributed by atoms with Gasteiger partial charge in [-0.15, -0.1) is 0 Å². The van der Waals surface area contributed by atoms with Gasteiger partial charge in [-0.25, -0.2) is 4.98 Å². The van der Waals surface area contributed by atoms with Gasteiger partial charge in [0, 0.05) is 23.9 Å². The maximum Gasteiger partial charge on any atom is 0.106 e. The van der Waals surface area contributed by atoms with Gasteiger partial charge in [-0.2, -0.15) is 0 Å². The van der Waals surface area contributed by atoms with Crippen LogP contribution in [0.4, 0.5) is 5.69 Å². The largest absolute Gasteiger partial charge is 0.399 e. The van der Waals surface area contributed by atoms with Gasteiger partial charge in [-0.1, -0.05) is 19.1 Å². The molecule has 3 heteroatoms. The molecule has 14 heavy (non-hydrogen) atoms. The highest BCUT2D eigenvalue weighted by Gasteiger charge is 2.01. The molecule has 3 N–H and O–H groups in total. The Morgan fingerprint density at radius 3 is 2.57 bits per heavy atom. The van der Waals surface area contributed by atoms with Crippen LogP contribution < -0.4 is 5.73 Å². The first-order valence-electron chi connectivity index (χ1n) is 4.70. The van der Waals surface area contributed by atoms with E-state index in [1.165, 1.54) is 0 Å². The van der Waals surface area contributed by atoms with Crippen molar-refractivity contribution in [2.24, 2.45) is 0 Å². The normalized spacial score (nSPS) is 10.4. The van der Waals surface area contributed by atoms with Crippen molar-refractivity contribution in [2.75, 3.05) is 5.73 Å². The quantitative estimate of drug-likeness (QED) is 0.708. The van der Waals surface area contributed by atoms with Gasteiger partial charge in [0.25, 0.3) is 0 Å². The fourth-order valence-corrected chi connectivity index (χ4v) is 1.34. The fraction of sp³-hybridized carbons (Fsp3) is 0.182. The van der Waals surface area contributed by atoms with Crippen LogP contribution in [0.1, 0.15) is 12.7 Å². The zero-order valence-electron chi connectivity index (χ0n) is 8.12. The summed E-state index contributed by atoms with van der Waals surface area (Å²) < 4.78 is 0. The van der Waals surface area contributed by atoms with Crippen molar-refractivity contribution in [3.8, 4) is 11.3 Å². The van der Waals surface area contributed by atoms with Crippen molar-refractivity contribution < 1.29 is 0 Å². The Hall–Kier alpha value is -1.77. The lowest BCUT2D eigenvalue weighted by atomic mass is 10.1. The van der Waals surface area contributed by atoms with Crippen molar-refractivity contribution in [3.05, 3.63) is 36.3 Å².